The summed E-state index contributed by atoms with van der Waals surface area (Å²) < 4.78 is 5.54. The molecule has 26 heavy (non-hydrogen) atoms. The number of likely N-dealkylation sites (tertiary alicyclic amines) is 1. The normalized spacial score (nSPS) is 25.3. The minimum absolute atomic E-state index is 0.0869. The lowest BCUT2D eigenvalue weighted by atomic mass is 10.0. The molecule has 0 saturated carbocycles. The zero-order chi connectivity index (χ0) is 18.3. The first-order valence-electron chi connectivity index (χ1n) is 9.19. The van der Waals surface area contributed by atoms with Crippen LogP contribution in [-0.4, -0.2) is 66.4 Å². The largest absolute Gasteiger partial charge is 0.376 e. The highest BCUT2D eigenvalue weighted by Gasteiger charge is 2.38. The lowest BCUT2D eigenvalue weighted by Gasteiger charge is -2.18. The monoisotopic (exact) mass is 357 g/mol. The predicted octanol–water partition coefficient (Wildman–Crippen LogP) is 0.882. The van der Waals surface area contributed by atoms with Crippen molar-refractivity contribution in [3.8, 4) is 0 Å². The summed E-state index contributed by atoms with van der Waals surface area (Å²) >= 11 is 0. The molecule has 3 aliphatic heterocycles. The zero-order valence-corrected chi connectivity index (χ0v) is 14.6. The Labute approximate surface area is 152 Å². The quantitative estimate of drug-likeness (QED) is 0.808. The third-order valence-corrected chi connectivity index (χ3v) is 5.53. The smallest absolute Gasteiger partial charge is 0.261 e. The molecule has 0 aliphatic carbocycles. The first-order valence-corrected chi connectivity index (χ1v) is 9.19. The summed E-state index contributed by atoms with van der Waals surface area (Å²) in [7, 11) is 0. The molecule has 3 heterocycles. The molecule has 1 aromatic rings. The van der Waals surface area contributed by atoms with Gasteiger partial charge in [0.15, 0.2) is 0 Å². The number of rotatable bonds is 4. The van der Waals surface area contributed by atoms with Gasteiger partial charge in [-0.3, -0.25) is 19.3 Å². The number of nitrogens with zero attached hydrogens (tertiary/aromatic N) is 2. The molecule has 1 aromatic carbocycles. The Hall–Kier alpha value is -2.25. The fraction of sp³-hybridized carbons (Fsp3) is 0.526. The van der Waals surface area contributed by atoms with Gasteiger partial charge < -0.3 is 15.4 Å². The third kappa shape index (κ3) is 2.91. The molecule has 3 amide bonds. The maximum Gasteiger partial charge on any atom is 0.261 e. The van der Waals surface area contributed by atoms with E-state index in [-0.39, 0.29) is 30.4 Å². The maximum absolute atomic E-state index is 12.7. The van der Waals surface area contributed by atoms with Crippen molar-refractivity contribution in [3.05, 3.63) is 34.9 Å². The SMILES string of the molecule is NCC1CCN(C(=O)c2ccc3c(c2)C(=O)N(CC2CCCO2)C3=O)C1. The van der Waals surface area contributed by atoms with Crippen LogP contribution in [0.2, 0.25) is 0 Å². The molecule has 2 atom stereocenters. The molecule has 7 nitrogen and oxygen atoms in total. The standard InChI is InChI=1S/C19H23N3O4/c20-9-12-5-6-21(10-12)17(23)13-3-4-15-16(8-13)19(25)22(18(15)24)11-14-2-1-7-26-14/h3-4,8,12,14H,1-2,5-7,9-11,20H2. The third-order valence-electron chi connectivity index (χ3n) is 5.53. The summed E-state index contributed by atoms with van der Waals surface area (Å²) in [5, 5.41) is 0. The van der Waals surface area contributed by atoms with Crippen LogP contribution in [-0.2, 0) is 4.74 Å². The van der Waals surface area contributed by atoms with Crippen LogP contribution in [0.3, 0.4) is 0 Å². The molecular weight excluding hydrogens is 334 g/mol. The summed E-state index contributed by atoms with van der Waals surface area (Å²) in [6.07, 6.45) is 2.62. The van der Waals surface area contributed by atoms with Crippen LogP contribution in [0.4, 0.5) is 0 Å². The fourth-order valence-electron chi connectivity index (χ4n) is 3.97. The van der Waals surface area contributed by atoms with Crippen molar-refractivity contribution >= 4 is 17.7 Å². The molecule has 2 fully saturated rings. The summed E-state index contributed by atoms with van der Waals surface area (Å²) in [6.45, 7) is 2.84. The van der Waals surface area contributed by atoms with Gasteiger partial charge in [0.1, 0.15) is 0 Å². The van der Waals surface area contributed by atoms with E-state index in [0.717, 1.165) is 19.3 Å². The van der Waals surface area contributed by atoms with Crippen LogP contribution < -0.4 is 5.73 Å². The van der Waals surface area contributed by atoms with E-state index in [2.05, 4.69) is 0 Å². The van der Waals surface area contributed by atoms with Crippen molar-refractivity contribution < 1.29 is 19.1 Å². The number of hydrogen-bond acceptors (Lipinski definition) is 5. The van der Waals surface area contributed by atoms with Gasteiger partial charge in [-0.05, 0) is 49.9 Å². The Balaban J connectivity index is 1.53. The number of nitrogens with two attached hydrogens (primary N) is 1. The van der Waals surface area contributed by atoms with Gasteiger partial charge in [-0.15, -0.1) is 0 Å². The molecule has 2 saturated heterocycles. The number of carbonyl (C=O) groups is 3. The van der Waals surface area contributed by atoms with Crippen LogP contribution in [0.15, 0.2) is 18.2 Å². The highest BCUT2D eigenvalue weighted by molar-refractivity contribution is 6.22. The van der Waals surface area contributed by atoms with Crippen molar-refractivity contribution in [2.45, 2.75) is 25.4 Å². The molecule has 2 unspecified atom stereocenters. The Morgan fingerprint density at radius 2 is 2.00 bits per heavy atom. The van der Waals surface area contributed by atoms with Gasteiger partial charge >= 0.3 is 0 Å². The van der Waals surface area contributed by atoms with Crippen LogP contribution in [0.1, 0.15) is 50.3 Å². The highest BCUT2D eigenvalue weighted by atomic mass is 16.5. The van der Waals surface area contributed by atoms with E-state index >= 15 is 0 Å². The molecule has 2 N–H and O–H groups in total. The van der Waals surface area contributed by atoms with Crippen LogP contribution >= 0.6 is 0 Å². The second-order valence-electron chi connectivity index (χ2n) is 7.26. The average molecular weight is 357 g/mol. The van der Waals surface area contributed by atoms with E-state index in [1.54, 1.807) is 23.1 Å². The molecule has 0 spiro atoms. The van der Waals surface area contributed by atoms with Crippen LogP contribution in [0.25, 0.3) is 0 Å². The number of imide groups is 1. The van der Waals surface area contributed by atoms with E-state index in [9.17, 15) is 14.4 Å². The van der Waals surface area contributed by atoms with Crippen molar-refractivity contribution in [1.29, 1.82) is 0 Å². The lowest BCUT2D eigenvalue weighted by molar-refractivity contribution is 0.0475. The molecule has 0 aromatic heterocycles. The van der Waals surface area contributed by atoms with Gasteiger partial charge in [0.25, 0.3) is 17.7 Å². The molecule has 4 rings (SSSR count). The number of amides is 3. The second-order valence-corrected chi connectivity index (χ2v) is 7.26. The van der Waals surface area contributed by atoms with E-state index < -0.39 is 0 Å². The molecule has 0 bridgehead atoms. The molecule has 3 aliphatic rings. The first kappa shape index (κ1) is 17.2. The van der Waals surface area contributed by atoms with E-state index in [4.69, 9.17) is 10.5 Å². The van der Waals surface area contributed by atoms with Crippen LogP contribution in [0, 0.1) is 5.92 Å². The fourth-order valence-corrected chi connectivity index (χ4v) is 3.97. The topological polar surface area (TPSA) is 92.9 Å². The second kappa shape index (κ2) is 6.81. The Bertz CT molecular complexity index is 757. The Kier molecular flexibility index (Phi) is 4.50. The number of fused-ring (bicyclic) bond motifs is 1. The minimum Gasteiger partial charge on any atom is -0.376 e. The average Bonchev–Trinajstić information content (AvgIpc) is 3.39. The molecule has 138 valence electrons. The zero-order valence-electron chi connectivity index (χ0n) is 14.6. The number of hydrogen-bond donors (Lipinski definition) is 1. The molecule has 0 radical (unpaired) electrons. The first-order chi connectivity index (χ1) is 12.6. The van der Waals surface area contributed by atoms with Crippen molar-refractivity contribution in [1.82, 2.24) is 9.80 Å². The summed E-state index contributed by atoms with van der Waals surface area (Å²) in [5.74, 6) is -0.416. The summed E-state index contributed by atoms with van der Waals surface area (Å²) in [5.41, 5.74) is 6.81. The van der Waals surface area contributed by atoms with Gasteiger partial charge in [-0.1, -0.05) is 0 Å². The maximum atomic E-state index is 12.7. The minimum atomic E-state index is -0.337. The lowest BCUT2D eigenvalue weighted by Crippen LogP contribution is -2.36. The Morgan fingerprint density at radius 1 is 1.19 bits per heavy atom. The number of benzene rings is 1. The molecule has 7 heteroatoms. The number of ether oxygens (including phenoxy) is 1. The predicted molar refractivity (Wildman–Crippen MR) is 93.8 cm³/mol. The van der Waals surface area contributed by atoms with E-state index in [0.29, 0.717) is 48.8 Å². The van der Waals surface area contributed by atoms with Gasteiger partial charge in [0, 0.05) is 25.3 Å². The molecular formula is C19H23N3O4. The van der Waals surface area contributed by atoms with Gasteiger partial charge in [0.05, 0.1) is 23.8 Å². The van der Waals surface area contributed by atoms with Crippen molar-refractivity contribution in [3.63, 3.8) is 0 Å². The van der Waals surface area contributed by atoms with E-state index in [1.165, 1.54) is 4.90 Å². The van der Waals surface area contributed by atoms with Crippen molar-refractivity contribution in [2.75, 3.05) is 32.8 Å². The Morgan fingerprint density at radius 3 is 2.69 bits per heavy atom. The summed E-state index contributed by atoms with van der Waals surface area (Å²) in [4.78, 5) is 41.0. The van der Waals surface area contributed by atoms with Crippen LogP contribution in [0.5, 0.6) is 0 Å². The van der Waals surface area contributed by atoms with Gasteiger partial charge in [0.2, 0.25) is 0 Å². The highest BCUT2D eigenvalue weighted by Crippen LogP contribution is 2.27. The van der Waals surface area contributed by atoms with Crippen molar-refractivity contribution in [2.24, 2.45) is 11.7 Å². The summed E-state index contributed by atoms with van der Waals surface area (Å²) in [6, 6.07) is 4.79. The van der Waals surface area contributed by atoms with Gasteiger partial charge in [-0.2, -0.15) is 0 Å². The number of carbonyl (C=O) groups excluding carboxylic acids is 3. The van der Waals surface area contributed by atoms with E-state index in [1.807, 2.05) is 0 Å². The van der Waals surface area contributed by atoms with Gasteiger partial charge in [-0.25, -0.2) is 0 Å².